The van der Waals surface area contributed by atoms with Gasteiger partial charge in [0.1, 0.15) is 6.04 Å². The fourth-order valence-corrected chi connectivity index (χ4v) is 3.89. The number of carbonyl (C=O) groups excluding carboxylic acids is 1. The topological polar surface area (TPSA) is 37.3 Å². The lowest BCUT2D eigenvalue weighted by Crippen LogP contribution is -2.42. The van der Waals surface area contributed by atoms with Crippen LogP contribution in [-0.2, 0) is 6.54 Å². The maximum atomic E-state index is 13.2. The zero-order chi connectivity index (χ0) is 18.8. The molecule has 0 radical (unpaired) electrons. The molecule has 1 atom stereocenters. The number of aryl methyl sites for hydroxylation is 1. The van der Waals surface area contributed by atoms with Crippen molar-refractivity contribution >= 4 is 6.03 Å². The Morgan fingerprint density at radius 1 is 1.07 bits per heavy atom. The van der Waals surface area contributed by atoms with Crippen molar-refractivity contribution in [1.29, 1.82) is 0 Å². The molecule has 4 heteroatoms. The highest BCUT2D eigenvalue weighted by atomic mass is 16.2. The van der Waals surface area contributed by atoms with Crippen LogP contribution in [0.15, 0.2) is 66.9 Å². The molecular weight excluding hydrogens is 334 g/mol. The maximum Gasteiger partial charge on any atom is 0.318 e. The summed E-state index contributed by atoms with van der Waals surface area (Å²) in [6.45, 7) is 5.44. The van der Waals surface area contributed by atoms with E-state index in [0.29, 0.717) is 13.1 Å². The number of nitrogens with zero attached hydrogens (tertiary/aromatic N) is 2. The molecule has 3 aromatic rings. The first-order valence-corrected chi connectivity index (χ1v) is 9.56. The van der Waals surface area contributed by atoms with Crippen LogP contribution in [0.1, 0.15) is 41.8 Å². The molecule has 1 aliphatic rings. The molecule has 0 unspecified atom stereocenters. The first kappa shape index (κ1) is 17.4. The lowest BCUT2D eigenvalue weighted by molar-refractivity contribution is 0.180. The summed E-state index contributed by atoms with van der Waals surface area (Å²) in [6, 6.07) is 20.7. The van der Waals surface area contributed by atoms with Gasteiger partial charge in [-0.25, -0.2) is 4.79 Å². The molecule has 4 nitrogen and oxygen atoms in total. The Balaban J connectivity index is 1.90. The Bertz CT molecular complexity index is 960. The van der Waals surface area contributed by atoms with Crippen LogP contribution in [0.5, 0.6) is 0 Å². The highest BCUT2D eigenvalue weighted by molar-refractivity contribution is 5.76. The Labute approximate surface area is 160 Å². The zero-order valence-electron chi connectivity index (χ0n) is 15.9. The van der Waals surface area contributed by atoms with Crippen LogP contribution in [-0.4, -0.2) is 22.0 Å². The summed E-state index contributed by atoms with van der Waals surface area (Å²) in [5.74, 6) is 0. The minimum Gasteiger partial charge on any atom is -0.338 e. The number of fused-ring (bicyclic) bond motifs is 3. The highest BCUT2D eigenvalue weighted by Gasteiger charge is 2.33. The number of hydrogen-bond donors (Lipinski definition) is 1. The summed E-state index contributed by atoms with van der Waals surface area (Å²) >= 11 is 0. The van der Waals surface area contributed by atoms with Gasteiger partial charge in [-0.3, -0.25) is 0 Å². The Hall–Kier alpha value is -3.01. The quantitative estimate of drug-likeness (QED) is 0.716. The summed E-state index contributed by atoms with van der Waals surface area (Å²) in [5, 5.41) is 3.08. The first-order valence-electron chi connectivity index (χ1n) is 9.56. The van der Waals surface area contributed by atoms with Crippen molar-refractivity contribution in [2.45, 2.75) is 32.9 Å². The molecule has 0 saturated heterocycles. The molecule has 1 aromatic heterocycles. The van der Waals surface area contributed by atoms with Crippen LogP contribution in [0.4, 0.5) is 4.79 Å². The Morgan fingerprint density at radius 2 is 1.85 bits per heavy atom. The minimum absolute atomic E-state index is 0.0189. The van der Waals surface area contributed by atoms with Gasteiger partial charge in [-0.05, 0) is 48.2 Å². The van der Waals surface area contributed by atoms with Crippen molar-refractivity contribution in [3.8, 4) is 5.69 Å². The molecule has 4 rings (SSSR count). The molecular formula is C23H25N3O. The molecule has 27 heavy (non-hydrogen) atoms. The number of para-hydroxylation sites is 1. The standard InChI is InChI=1S/C23H25N3O/c1-3-14-24-23(27)26-16-18-10-5-7-12-20(18)25-15-8-13-21(25)22(26)19-11-6-4-9-17(19)2/h4-13,15,22H,3,14,16H2,1-2H3,(H,24,27)/t22-/m0/s1. The van der Waals surface area contributed by atoms with E-state index in [4.69, 9.17) is 0 Å². The van der Waals surface area contributed by atoms with E-state index in [2.05, 4.69) is 78.5 Å². The molecule has 2 heterocycles. The second-order valence-corrected chi connectivity index (χ2v) is 7.05. The van der Waals surface area contributed by atoms with E-state index < -0.39 is 0 Å². The molecule has 1 N–H and O–H groups in total. The molecule has 138 valence electrons. The van der Waals surface area contributed by atoms with Crippen LogP contribution in [0, 0.1) is 6.92 Å². The van der Waals surface area contributed by atoms with Crippen molar-refractivity contribution in [2.75, 3.05) is 6.54 Å². The molecule has 0 bridgehead atoms. The van der Waals surface area contributed by atoms with Gasteiger partial charge in [0.2, 0.25) is 0 Å². The third-order valence-corrected chi connectivity index (χ3v) is 5.23. The van der Waals surface area contributed by atoms with Crippen LogP contribution < -0.4 is 5.32 Å². The number of urea groups is 1. The number of aromatic nitrogens is 1. The number of nitrogens with one attached hydrogen (secondary N) is 1. The van der Waals surface area contributed by atoms with Crippen LogP contribution >= 0.6 is 0 Å². The zero-order valence-corrected chi connectivity index (χ0v) is 15.9. The molecule has 2 amide bonds. The van der Waals surface area contributed by atoms with Gasteiger partial charge in [-0.15, -0.1) is 0 Å². The van der Waals surface area contributed by atoms with Gasteiger partial charge in [-0.2, -0.15) is 0 Å². The third kappa shape index (κ3) is 3.12. The lowest BCUT2D eigenvalue weighted by atomic mass is 9.97. The molecule has 0 aliphatic carbocycles. The minimum atomic E-state index is -0.134. The number of amides is 2. The summed E-state index contributed by atoms with van der Waals surface area (Å²) < 4.78 is 2.22. The molecule has 2 aromatic carbocycles. The van der Waals surface area contributed by atoms with Crippen LogP contribution in [0.3, 0.4) is 0 Å². The monoisotopic (exact) mass is 359 g/mol. The van der Waals surface area contributed by atoms with E-state index in [1.54, 1.807) is 0 Å². The van der Waals surface area contributed by atoms with E-state index in [1.807, 2.05) is 17.0 Å². The second-order valence-electron chi connectivity index (χ2n) is 7.05. The van der Waals surface area contributed by atoms with Crippen molar-refractivity contribution in [2.24, 2.45) is 0 Å². The summed E-state index contributed by atoms with van der Waals surface area (Å²) in [6.07, 6.45) is 3.01. The molecule has 0 fully saturated rings. The van der Waals surface area contributed by atoms with Crippen molar-refractivity contribution < 1.29 is 4.79 Å². The average Bonchev–Trinajstić information content (AvgIpc) is 3.11. The molecule has 0 spiro atoms. The molecule has 0 saturated carbocycles. The van der Waals surface area contributed by atoms with Gasteiger partial charge in [0, 0.05) is 18.4 Å². The van der Waals surface area contributed by atoms with Gasteiger partial charge in [0.25, 0.3) is 0 Å². The average molecular weight is 359 g/mol. The number of benzene rings is 2. The van der Waals surface area contributed by atoms with Gasteiger partial charge in [-0.1, -0.05) is 49.4 Å². The van der Waals surface area contributed by atoms with Crippen LogP contribution in [0.2, 0.25) is 0 Å². The summed E-state index contributed by atoms with van der Waals surface area (Å²) in [7, 11) is 0. The first-order chi connectivity index (χ1) is 13.2. The van der Waals surface area contributed by atoms with E-state index in [9.17, 15) is 4.79 Å². The SMILES string of the molecule is CCCNC(=O)N1Cc2ccccc2-n2cccc2[C@@H]1c1ccccc1C. The van der Waals surface area contributed by atoms with E-state index >= 15 is 0 Å². The maximum absolute atomic E-state index is 13.2. The van der Waals surface area contributed by atoms with Crippen molar-refractivity contribution in [3.05, 3.63) is 89.2 Å². The smallest absolute Gasteiger partial charge is 0.318 e. The number of hydrogen-bond acceptors (Lipinski definition) is 1. The normalized spacial score (nSPS) is 15.6. The van der Waals surface area contributed by atoms with Gasteiger partial charge < -0.3 is 14.8 Å². The Morgan fingerprint density at radius 3 is 2.67 bits per heavy atom. The summed E-state index contributed by atoms with van der Waals surface area (Å²) in [5.41, 5.74) is 5.76. The fraction of sp³-hybridized carbons (Fsp3) is 0.261. The largest absolute Gasteiger partial charge is 0.338 e. The number of carbonyl (C=O) groups is 1. The lowest BCUT2D eigenvalue weighted by Gasteiger charge is -2.31. The van der Waals surface area contributed by atoms with Gasteiger partial charge in [0.05, 0.1) is 12.2 Å². The van der Waals surface area contributed by atoms with Crippen LogP contribution in [0.25, 0.3) is 5.69 Å². The van der Waals surface area contributed by atoms with E-state index in [1.165, 1.54) is 5.56 Å². The molecule has 1 aliphatic heterocycles. The second kappa shape index (κ2) is 7.31. The fourth-order valence-electron chi connectivity index (χ4n) is 3.89. The number of rotatable bonds is 3. The van der Waals surface area contributed by atoms with E-state index in [-0.39, 0.29) is 12.1 Å². The van der Waals surface area contributed by atoms with Crippen molar-refractivity contribution in [1.82, 2.24) is 14.8 Å². The third-order valence-electron chi connectivity index (χ3n) is 5.23. The predicted molar refractivity (Wildman–Crippen MR) is 108 cm³/mol. The van der Waals surface area contributed by atoms with Crippen molar-refractivity contribution in [3.63, 3.8) is 0 Å². The van der Waals surface area contributed by atoms with E-state index in [0.717, 1.165) is 28.9 Å². The van der Waals surface area contributed by atoms with Gasteiger partial charge >= 0.3 is 6.03 Å². The predicted octanol–water partition coefficient (Wildman–Crippen LogP) is 4.81. The highest BCUT2D eigenvalue weighted by Crippen LogP contribution is 2.37. The summed E-state index contributed by atoms with van der Waals surface area (Å²) in [4.78, 5) is 15.1. The van der Waals surface area contributed by atoms with Gasteiger partial charge in [0.15, 0.2) is 0 Å². The Kier molecular flexibility index (Phi) is 4.71.